The van der Waals surface area contributed by atoms with Crippen LogP contribution in [-0.2, 0) is 0 Å². The Morgan fingerprint density at radius 1 is 1.20 bits per heavy atom. The summed E-state index contributed by atoms with van der Waals surface area (Å²) in [7, 11) is 2.12. The average molecular weight is 357 g/mol. The number of aromatic nitrogens is 2. The van der Waals surface area contributed by atoms with Crippen molar-refractivity contribution in [1.29, 1.82) is 0 Å². The maximum atomic E-state index is 6.13. The summed E-state index contributed by atoms with van der Waals surface area (Å²) in [5, 5.41) is 1.44. The molecule has 2 heterocycles. The number of hydrogen-bond donors (Lipinski definition) is 1. The Hall–Kier alpha value is -1.11. The number of nitrogens with zero attached hydrogens (tertiary/aromatic N) is 4. The van der Waals surface area contributed by atoms with Crippen LogP contribution in [0.2, 0.25) is 5.02 Å². The van der Waals surface area contributed by atoms with Crippen LogP contribution in [0.4, 0.5) is 11.8 Å². The number of piperazine rings is 1. The molecular weight excluding hydrogens is 342 g/mol. The molecule has 0 aliphatic carbocycles. The predicted octanol–water partition coefficient (Wildman–Crippen LogP) is 2.38. The molecule has 0 amide bonds. The summed E-state index contributed by atoms with van der Waals surface area (Å²) >= 11 is 9.52. The molecule has 20 heavy (non-hydrogen) atoms. The largest absolute Gasteiger partial charge is 0.383 e. The van der Waals surface area contributed by atoms with Crippen molar-refractivity contribution in [1.82, 2.24) is 14.9 Å². The Bertz CT molecular complexity index is 655. The highest BCUT2D eigenvalue weighted by Crippen LogP contribution is 2.30. The van der Waals surface area contributed by atoms with E-state index in [1.165, 1.54) is 0 Å². The van der Waals surface area contributed by atoms with Gasteiger partial charge in [-0.25, -0.2) is 4.98 Å². The predicted molar refractivity (Wildman–Crippen MR) is 86.4 cm³/mol. The standard InChI is InChI=1S/C13H15BrClN5/c1-19-2-4-20(5-3-19)13-17-11-7-10(15)9(14)6-8(11)12(16)18-13/h6-7H,2-5H2,1H3,(H2,16,17,18). The maximum absolute atomic E-state index is 6.13. The highest BCUT2D eigenvalue weighted by molar-refractivity contribution is 9.10. The molecule has 3 rings (SSSR count). The van der Waals surface area contributed by atoms with E-state index in [9.17, 15) is 0 Å². The lowest BCUT2D eigenvalue weighted by atomic mass is 10.2. The zero-order valence-electron chi connectivity index (χ0n) is 11.1. The quantitative estimate of drug-likeness (QED) is 0.850. The molecule has 1 saturated heterocycles. The van der Waals surface area contributed by atoms with Crippen LogP contribution < -0.4 is 10.6 Å². The Labute approximate surface area is 130 Å². The minimum absolute atomic E-state index is 0.487. The first-order valence-corrected chi connectivity index (χ1v) is 7.57. The molecule has 5 nitrogen and oxygen atoms in total. The molecule has 0 spiro atoms. The number of benzene rings is 1. The molecule has 2 aromatic rings. The Morgan fingerprint density at radius 3 is 2.60 bits per heavy atom. The Kier molecular flexibility index (Phi) is 3.70. The molecule has 0 saturated carbocycles. The van der Waals surface area contributed by atoms with Crippen molar-refractivity contribution in [3.8, 4) is 0 Å². The van der Waals surface area contributed by atoms with Crippen LogP contribution in [-0.4, -0.2) is 48.1 Å². The Morgan fingerprint density at radius 2 is 1.90 bits per heavy atom. The van der Waals surface area contributed by atoms with Gasteiger partial charge in [-0.05, 0) is 35.1 Å². The van der Waals surface area contributed by atoms with Crippen LogP contribution in [0.1, 0.15) is 0 Å². The minimum Gasteiger partial charge on any atom is -0.383 e. The van der Waals surface area contributed by atoms with Gasteiger partial charge < -0.3 is 15.5 Å². The van der Waals surface area contributed by atoms with E-state index in [2.05, 4.69) is 42.7 Å². The molecule has 2 N–H and O–H groups in total. The molecule has 0 radical (unpaired) electrons. The van der Waals surface area contributed by atoms with Crippen LogP contribution in [0, 0.1) is 0 Å². The van der Waals surface area contributed by atoms with E-state index in [0.29, 0.717) is 16.8 Å². The minimum atomic E-state index is 0.487. The fourth-order valence-corrected chi connectivity index (χ4v) is 2.78. The molecule has 106 valence electrons. The maximum Gasteiger partial charge on any atom is 0.227 e. The molecule has 0 unspecified atom stereocenters. The van der Waals surface area contributed by atoms with E-state index in [1.54, 1.807) is 0 Å². The first-order valence-electron chi connectivity index (χ1n) is 6.40. The normalized spacial score (nSPS) is 16.9. The van der Waals surface area contributed by atoms with Gasteiger partial charge in [-0.15, -0.1) is 0 Å². The summed E-state index contributed by atoms with van der Waals surface area (Å²) in [6.45, 7) is 3.82. The lowest BCUT2D eigenvalue weighted by Crippen LogP contribution is -2.45. The van der Waals surface area contributed by atoms with Crippen LogP contribution in [0.25, 0.3) is 10.9 Å². The van der Waals surface area contributed by atoms with Gasteiger partial charge in [0.05, 0.1) is 10.5 Å². The van der Waals surface area contributed by atoms with Crippen molar-refractivity contribution >= 4 is 50.2 Å². The summed E-state index contributed by atoms with van der Waals surface area (Å²) in [6, 6.07) is 3.68. The van der Waals surface area contributed by atoms with Gasteiger partial charge in [0.15, 0.2) is 0 Å². The van der Waals surface area contributed by atoms with Crippen LogP contribution >= 0.6 is 27.5 Å². The molecule has 1 aromatic carbocycles. The second-order valence-corrected chi connectivity index (χ2v) is 6.24. The number of nitrogen functional groups attached to an aromatic ring is 1. The van der Waals surface area contributed by atoms with Crippen molar-refractivity contribution in [2.24, 2.45) is 0 Å². The molecule has 7 heteroatoms. The third-order valence-corrected chi connectivity index (χ3v) is 4.74. The third kappa shape index (κ3) is 2.55. The number of likely N-dealkylation sites (N-methyl/N-ethyl adjacent to an activating group) is 1. The molecule has 1 aromatic heterocycles. The zero-order valence-corrected chi connectivity index (χ0v) is 13.4. The van der Waals surface area contributed by atoms with Gasteiger partial charge in [0, 0.05) is 36.0 Å². The van der Waals surface area contributed by atoms with Crippen molar-refractivity contribution in [2.45, 2.75) is 0 Å². The fraction of sp³-hybridized carbons (Fsp3) is 0.385. The average Bonchev–Trinajstić information content (AvgIpc) is 2.42. The topological polar surface area (TPSA) is 58.3 Å². The number of fused-ring (bicyclic) bond motifs is 1. The monoisotopic (exact) mass is 355 g/mol. The first-order chi connectivity index (χ1) is 9.54. The second-order valence-electron chi connectivity index (χ2n) is 4.98. The van der Waals surface area contributed by atoms with E-state index < -0.39 is 0 Å². The highest BCUT2D eigenvalue weighted by Gasteiger charge is 2.18. The number of nitrogens with two attached hydrogens (primary N) is 1. The van der Waals surface area contributed by atoms with E-state index in [0.717, 1.165) is 41.6 Å². The molecule has 1 aliphatic rings. The van der Waals surface area contributed by atoms with Gasteiger partial charge in [0.25, 0.3) is 0 Å². The number of halogens is 2. The first kappa shape index (κ1) is 13.9. The lowest BCUT2D eigenvalue weighted by molar-refractivity contribution is 0.311. The summed E-state index contributed by atoms with van der Waals surface area (Å²) in [5.41, 5.74) is 6.84. The van der Waals surface area contributed by atoms with Gasteiger partial charge in [0.1, 0.15) is 5.82 Å². The fourth-order valence-electron chi connectivity index (χ4n) is 2.28. The molecule has 0 bridgehead atoms. The summed E-state index contributed by atoms with van der Waals surface area (Å²) in [6.07, 6.45) is 0. The SMILES string of the molecule is CN1CCN(c2nc(N)c3cc(Br)c(Cl)cc3n2)CC1. The van der Waals surface area contributed by atoms with Crippen molar-refractivity contribution < 1.29 is 0 Å². The number of rotatable bonds is 1. The summed E-state index contributed by atoms with van der Waals surface area (Å²) < 4.78 is 0.800. The van der Waals surface area contributed by atoms with E-state index in [4.69, 9.17) is 17.3 Å². The lowest BCUT2D eigenvalue weighted by Gasteiger charge is -2.32. The van der Waals surface area contributed by atoms with Gasteiger partial charge in [-0.3, -0.25) is 0 Å². The molecule has 0 atom stereocenters. The van der Waals surface area contributed by atoms with E-state index in [1.807, 2.05) is 12.1 Å². The number of anilines is 2. The molecular formula is C13H15BrClN5. The zero-order chi connectivity index (χ0) is 14.3. The van der Waals surface area contributed by atoms with Crippen molar-refractivity contribution in [3.05, 3.63) is 21.6 Å². The van der Waals surface area contributed by atoms with E-state index in [-0.39, 0.29) is 0 Å². The number of hydrogen-bond acceptors (Lipinski definition) is 5. The van der Waals surface area contributed by atoms with E-state index >= 15 is 0 Å². The smallest absolute Gasteiger partial charge is 0.227 e. The van der Waals surface area contributed by atoms with Gasteiger partial charge in [0.2, 0.25) is 5.95 Å². The van der Waals surface area contributed by atoms with Crippen molar-refractivity contribution in [3.63, 3.8) is 0 Å². The molecule has 1 fully saturated rings. The molecule has 1 aliphatic heterocycles. The van der Waals surface area contributed by atoms with Crippen LogP contribution in [0.3, 0.4) is 0 Å². The van der Waals surface area contributed by atoms with Crippen LogP contribution in [0.5, 0.6) is 0 Å². The summed E-state index contributed by atoms with van der Waals surface area (Å²) in [5.74, 6) is 1.17. The third-order valence-electron chi connectivity index (χ3n) is 3.54. The second kappa shape index (κ2) is 5.35. The van der Waals surface area contributed by atoms with Gasteiger partial charge in [-0.2, -0.15) is 4.98 Å². The Balaban J connectivity index is 2.03. The van der Waals surface area contributed by atoms with Gasteiger partial charge in [-0.1, -0.05) is 11.6 Å². The highest BCUT2D eigenvalue weighted by atomic mass is 79.9. The van der Waals surface area contributed by atoms with Crippen LogP contribution in [0.15, 0.2) is 16.6 Å². The van der Waals surface area contributed by atoms with Gasteiger partial charge >= 0.3 is 0 Å². The summed E-state index contributed by atoms with van der Waals surface area (Å²) in [4.78, 5) is 13.5. The van der Waals surface area contributed by atoms with Crippen molar-refractivity contribution in [2.75, 3.05) is 43.9 Å².